The van der Waals surface area contributed by atoms with Crippen LogP contribution in [0.25, 0.3) is 10.9 Å². The number of amides is 1. The molecule has 0 unspecified atom stereocenters. The molecule has 2 N–H and O–H groups in total. The molecule has 4 rings (SSSR count). The molecular weight excluding hydrogens is 450 g/mol. The van der Waals surface area contributed by atoms with Crippen molar-refractivity contribution in [2.24, 2.45) is 5.92 Å². The number of nitrogens with one attached hydrogen (secondary N) is 2. The van der Waals surface area contributed by atoms with Crippen LogP contribution in [-0.4, -0.2) is 48.2 Å². The van der Waals surface area contributed by atoms with Gasteiger partial charge in [-0.15, -0.1) is 0 Å². The maximum Gasteiger partial charge on any atom is 0.267 e. The Kier molecular flexibility index (Phi) is 7.04. The van der Waals surface area contributed by atoms with Gasteiger partial charge in [0.05, 0.1) is 0 Å². The molecule has 33 heavy (non-hydrogen) atoms. The molecule has 1 fully saturated rings. The summed E-state index contributed by atoms with van der Waals surface area (Å²) in [5.74, 6) is -1.51. The molecule has 3 heterocycles. The van der Waals surface area contributed by atoms with Crippen molar-refractivity contribution in [3.8, 4) is 0 Å². The standard InChI is InChI=1S/C23H26F2N4O3S/c24-18-4-5-19(25)22(14-18)33(31,32)29-11-7-16(8-12-29)3-1-2-9-27-23(30)21-13-17-15-26-10-6-20(17)28-21/h4-6,10,13-16,28H,1-3,7-9,11-12H2,(H,27,30). The molecule has 176 valence electrons. The number of rotatable bonds is 8. The van der Waals surface area contributed by atoms with Crippen LogP contribution in [0.4, 0.5) is 8.78 Å². The number of pyridine rings is 1. The number of H-pyrrole nitrogens is 1. The lowest BCUT2D eigenvalue weighted by atomic mass is 9.92. The summed E-state index contributed by atoms with van der Waals surface area (Å²) in [6.45, 7) is 1.13. The molecule has 10 heteroatoms. The van der Waals surface area contributed by atoms with Crippen molar-refractivity contribution in [2.45, 2.75) is 37.0 Å². The van der Waals surface area contributed by atoms with Gasteiger partial charge >= 0.3 is 0 Å². The number of unbranched alkanes of at least 4 members (excludes halogenated alkanes) is 1. The molecule has 2 aromatic heterocycles. The van der Waals surface area contributed by atoms with E-state index >= 15 is 0 Å². The first kappa shape index (κ1) is 23.3. The number of hydrogen-bond acceptors (Lipinski definition) is 4. The zero-order valence-corrected chi connectivity index (χ0v) is 18.9. The Hall–Kier alpha value is -2.85. The van der Waals surface area contributed by atoms with Gasteiger partial charge in [0.25, 0.3) is 5.91 Å². The minimum Gasteiger partial charge on any atom is -0.351 e. The van der Waals surface area contributed by atoms with Crippen LogP contribution < -0.4 is 5.32 Å². The first-order valence-electron chi connectivity index (χ1n) is 11.0. The third kappa shape index (κ3) is 5.39. The first-order chi connectivity index (χ1) is 15.8. The maximum absolute atomic E-state index is 13.9. The summed E-state index contributed by atoms with van der Waals surface area (Å²) in [5.41, 5.74) is 1.37. The van der Waals surface area contributed by atoms with E-state index in [0.717, 1.165) is 48.4 Å². The summed E-state index contributed by atoms with van der Waals surface area (Å²) in [6, 6.07) is 6.06. The summed E-state index contributed by atoms with van der Waals surface area (Å²) in [4.78, 5) is 18.8. The van der Waals surface area contributed by atoms with E-state index in [1.54, 1.807) is 18.5 Å². The first-order valence-corrected chi connectivity index (χ1v) is 12.4. The molecule has 3 aromatic rings. The minimum absolute atomic E-state index is 0.158. The fraction of sp³-hybridized carbons (Fsp3) is 0.391. The normalized spacial score (nSPS) is 15.7. The predicted octanol–water partition coefficient (Wildman–Crippen LogP) is 3.84. The highest BCUT2D eigenvalue weighted by Crippen LogP contribution is 2.28. The topological polar surface area (TPSA) is 95.2 Å². The molecule has 1 aliphatic heterocycles. The van der Waals surface area contributed by atoms with Gasteiger partial charge in [0, 0.05) is 42.9 Å². The van der Waals surface area contributed by atoms with E-state index in [1.165, 1.54) is 4.31 Å². The quantitative estimate of drug-likeness (QED) is 0.483. The van der Waals surface area contributed by atoms with Gasteiger partial charge in [0.2, 0.25) is 10.0 Å². The number of carbonyl (C=O) groups is 1. The number of halogens is 2. The second-order valence-corrected chi connectivity index (χ2v) is 10.2. The smallest absolute Gasteiger partial charge is 0.267 e. The number of piperidine rings is 1. The number of hydrogen-bond donors (Lipinski definition) is 2. The highest BCUT2D eigenvalue weighted by molar-refractivity contribution is 7.89. The molecule has 0 radical (unpaired) electrons. The number of nitrogens with zero attached hydrogens (tertiary/aromatic N) is 2. The molecule has 0 atom stereocenters. The average Bonchev–Trinajstić information content (AvgIpc) is 3.25. The maximum atomic E-state index is 13.9. The SMILES string of the molecule is O=C(NCCCCC1CCN(S(=O)(=O)c2cc(F)ccc2F)CC1)c1cc2cnccc2[nH]1. The lowest BCUT2D eigenvalue weighted by Crippen LogP contribution is -2.38. The van der Waals surface area contributed by atoms with Crippen molar-refractivity contribution in [1.82, 2.24) is 19.6 Å². The fourth-order valence-corrected chi connectivity index (χ4v) is 5.75. The monoisotopic (exact) mass is 476 g/mol. The Morgan fingerprint density at radius 2 is 1.94 bits per heavy atom. The largest absolute Gasteiger partial charge is 0.351 e. The van der Waals surface area contributed by atoms with Crippen molar-refractivity contribution in [3.63, 3.8) is 0 Å². The lowest BCUT2D eigenvalue weighted by Gasteiger charge is -2.31. The number of sulfonamides is 1. The van der Waals surface area contributed by atoms with Gasteiger partial charge in [-0.1, -0.05) is 12.8 Å². The van der Waals surface area contributed by atoms with Gasteiger partial charge in [0.1, 0.15) is 22.2 Å². The molecule has 0 spiro atoms. The number of carbonyl (C=O) groups excluding carboxylic acids is 1. The molecular formula is C23H26F2N4O3S. The molecule has 0 bridgehead atoms. The van der Waals surface area contributed by atoms with Crippen LogP contribution in [0.5, 0.6) is 0 Å². The summed E-state index contributed by atoms with van der Waals surface area (Å²) in [5, 5.41) is 3.79. The third-order valence-corrected chi connectivity index (χ3v) is 7.99. The van der Waals surface area contributed by atoms with E-state index in [1.807, 2.05) is 6.07 Å². The fourth-order valence-electron chi connectivity index (χ4n) is 4.20. The molecule has 1 aliphatic rings. The zero-order valence-electron chi connectivity index (χ0n) is 18.1. The van der Waals surface area contributed by atoms with Crippen LogP contribution >= 0.6 is 0 Å². The van der Waals surface area contributed by atoms with Gasteiger partial charge in [-0.05, 0) is 55.5 Å². The minimum atomic E-state index is -4.05. The summed E-state index contributed by atoms with van der Waals surface area (Å²) < 4.78 is 54.0. The number of fused-ring (bicyclic) bond motifs is 1. The Morgan fingerprint density at radius 1 is 1.15 bits per heavy atom. The third-order valence-electron chi connectivity index (χ3n) is 6.07. The molecule has 0 saturated carbocycles. The lowest BCUT2D eigenvalue weighted by molar-refractivity contribution is 0.0948. The Balaban J connectivity index is 1.18. The summed E-state index contributed by atoms with van der Waals surface area (Å²) in [6.07, 6.45) is 7.37. The van der Waals surface area contributed by atoms with Crippen LogP contribution in [0.15, 0.2) is 47.6 Å². The molecule has 7 nitrogen and oxygen atoms in total. The van der Waals surface area contributed by atoms with E-state index in [-0.39, 0.29) is 19.0 Å². The van der Waals surface area contributed by atoms with Gasteiger partial charge in [0.15, 0.2) is 0 Å². The Labute approximate surface area is 191 Å². The highest BCUT2D eigenvalue weighted by Gasteiger charge is 2.31. The number of aromatic nitrogens is 2. The predicted molar refractivity (Wildman–Crippen MR) is 120 cm³/mol. The molecule has 1 aromatic carbocycles. The van der Waals surface area contributed by atoms with Crippen molar-refractivity contribution in [3.05, 3.63) is 60.1 Å². The van der Waals surface area contributed by atoms with Crippen LogP contribution in [-0.2, 0) is 10.0 Å². The van der Waals surface area contributed by atoms with Crippen LogP contribution in [0, 0.1) is 17.6 Å². The Morgan fingerprint density at radius 3 is 2.70 bits per heavy atom. The van der Waals surface area contributed by atoms with Crippen LogP contribution in [0.3, 0.4) is 0 Å². The highest BCUT2D eigenvalue weighted by atomic mass is 32.2. The second kappa shape index (κ2) is 9.96. The van der Waals surface area contributed by atoms with Gasteiger partial charge in [-0.2, -0.15) is 4.31 Å². The Bertz CT molecular complexity index is 1200. The van der Waals surface area contributed by atoms with Crippen LogP contribution in [0.1, 0.15) is 42.6 Å². The summed E-state index contributed by atoms with van der Waals surface area (Å²) >= 11 is 0. The summed E-state index contributed by atoms with van der Waals surface area (Å²) in [7, 11) is -4.05. The number of benzene rings is 1. The van der Waals surface area contributed by atoms with E-state index in [9.17, 15) is 22.0 Å². The molecule has 1 saturated heterocycles. The average molecular weight is 477 g/mol. The molecule has 1 amide bonds. The zero-order chi connectivity index (χ0) is 23.4. The van der Waals surface area contributed by atoms with E-state index in [0.29, 0.717) is 31.0 Å². The van der Waals surface area contributed by atoms with E-state index in [2.05, 4.69) is 15.3 Å². The van der Waals surface area contributed by atoms with Crippen molar-refractivity contribution >= 4 is 26.8 Å². The van der Waals surface area contributed by atoms with Crippen molar-refractivity contribution < 1.29 is 22.0 Å². The number of aromatic amines is 1. The van der Waals surface area contributed by atoms with Crippen molar-refractivity contribution in [1.29, 1.82) is 0 Å². The molecule has 0 aliphatic carbocycles. The van der Waals surface area contributed by atoms with E-state index < -0.39 is 26.6 Å². The van der Waals surface area contributed by atoms with Crippen LogP contribution in [0.2, 0.25) is 0 Å². The van der Waals surface area contributed by atoms with Gasteiger partial charge in [-0.3, -0.25) is 9.78 Å². The van der Waals surface area contributed by atoms with Gasteiger partial charge in [-0.25, -0.2) is 17.2 Å². The van der Waals surface area contributed by atoms with E-state index in [4.69, 9.17) is 0 Å². The second-order valence-electron chi connectivity index (χ2n) is 8.32. The van der Waals surface area contributed by atoms with Gasteiger partial charge < -0.3 is 10.3 Å². The van der Waals surface area contributed by atoms with Crippen molar-refractivity contribution in [2.75, 3.05) is 19.6 Å².